The minimum atomic E-state index is -0.381. The summed E-state index contributed by atoms with van der Waals surface area (Å²) >= 11 is 0. The Kier molecular flexibility index (Phi) is 3.63. The molecule has 2 N–H and O–H groups in total. The summed E-state index contributed by atoms with van der Waals surface area (Å²) in [4.78, 5) is 11.7. The van der Waals surface area contributed by atoms with Gasteiger partial charge in [0.1, 0.15) is 11.6 Å². The summed E-state index contributed by atoms with van der Waals surface area (Å²) in [6, 6.07) is 0.382. The molecular weight excluding hydrogens is 216 g/mol. The summed E-state index contributed by atoms with van der Waals surface area (Å²) < 4.78 is 5.35. The molecule has 2 saturated heterocycles. The van der Waals surface area contributed by atoms with E-state index in [1.165, 1.54) is 0 Å². The van der Waals surface area contributed by atoms with Crippen molar-refractivity contribution >= 4 is 18.4 Å². The molecule has 3 atom stereocenters. The maximum Gasteiger partial charge on any atom is 0.324 e. The second kappa shape index (κ2) is 4.28. The van der Waals surface area contributed by atoms with Gasteiger partial charge in [-0.25, -0.2) is 0 Å². The van der Waals surface area contributed by atoms with E-state index >= 15 is 0 Å². The summed E-state index contributed by atoms with van der Waals surface area (Å²) in [6.45, 7) is 7.51. The van der Waals surface area contributed by atoms with E-state index in [1.54, 1.807) is 0 Å². The Labute approximate surface area is 96.5 Å². The number of rotatable bonds is 1. The fourth-order valence-corrected chi connectivity index (χ4v) is 2.02. The van der Waals surface area contributed by atoms with Gasteiger partial charge >= 0.3 is 5.97 Å². The number of ether oxygens (including phenoxy) is 1. The molecule has 2 fully saturated rings. The first-order valence-electron chi connectivity index (χ1n) is 5.17. The van der Waals surface area contributed by atoms with Gasteiger partial charge in [-0.2, -0.15) is 0 Å². The lowest BCUT2D eigenvalue weighted by Crippen LogP contribution is -2.56. The van der Waals surface area contributed by atoms with Gasteiger partial charge < -0.3 is 15.4 Å². The average Bonchev–Trinajstić information content (AvgIpc) is 2.22. The minimum Gasteiger partial charge on any atom is -0.459 e. The number of hydrogen-bond acceptors (Lipinski definition) is 4. The number of halogens is 1. The Bertz CT molecular complexity index is 252. The van der Waals surface area contributed by atoms with Gasteiger partial charge in [0.15, 0.2) is 0 Å². The zero-order valence-corrected chi connectivity index (χ0v) is 10.2. The molecule has 4 nitrogen and oxygen atoms in total. The maximum absolute atomic E-state index is 11.7. The van der Waals surface area contributed by atoms with E-state index in [0.29, 0.717) is 12.0 Å². The Morgan fingerprint density at radius 3 is 2.33 bits per heavy atom. The lowest BCUT2D eigenvalue weighted by molar-refractivity contribution is -0.158. The maximum atomic E-state index is 11.7. The topological polar surface area (TPSA) is 50.4 Å². The average molecular weight is 235 g/mol. The van der Waals surface area contributed by atoms with Crippen molar-refractivity contribution in [2.45, 2.75) is 38.5 Å². The van der Waals surface area contributed by atoms with Crippen LogP contribution in [-0.2, 0) is 9.53 Å². The Hall–Kier alpha value is -0.320. The molecule has 0 bridgehead atoms. The van der Waals surface area contributed by atoms with Crippen molar-refractivity contribution in [3.05, 3.63) is 0 Å². The number of carbonyl (C=O) groups is 1. The predicted molar refractivity (Wildman–Crippen MR) is 60.2 cm³/mol. The fraction of sp³-hybridized carbons (Fsp3) is 0.900. The monoisotopic (exact) mass is 234 g/mol. The van der Waals surface area contributed by atoms with Crippen molar-refractivity contribution < 1.29 is 9.53 Å². The summed E-state index contributed by atoms with van der Waals surface area (Å²) in [5, 5.41) is 6.49. The van der Waals surface area contributed by atoms with Crippen LogP contribution in [0, 0.1) is 5.92 Å². The van der Waals surface area contributed by atoms with E-state index in [-0.39, 0.29) is 30.0 Å². The van der Waals surface area contributed by atoms with Crippen LogP contribution >= 0.6 is 12.4 Å². The first-order chi connectivity index (χ1) is 6.47. The summed E-state index contributed by atoms with van der Waals surface area (Å²) in [7, 11) is 0. The summed E-state index contributed by atoms with van der Waals surface area (Å²) in [5.74, 6) is 0.330. The van der Waals surface area contributed by atoms with Crippen LogP contribution in [-0.4, -0.2) is 36.7 Å². The number of carbonyl (C=O) groups excluding carboxylic acids is 1. The molecule has 2 heterocycles. The van der Waals surface area contributed by atoms with E-state index in [0.717, 1.165) is 13.1 Å². The number of esters is 1. The van der Waals surface area contributed by atoms with Gasteiger partial charge in [0.05, 0.1) is 0 Å². The Morgan fingerprint density at radius 1 is 1.27 bits per heavy atom. The van der Waals surface area contributed by atoms with Crippen molar-refractivity contribution in [2.24, 2.45) is 5.92 Å². The molecule has 15 heavy (non-hydrogen) atoms. The Balaban J connectivity index is 0.00000112. The van der Waals surface area contributed by atoms with Gasteiger partial charge in [-0.3, -0.25) is 4.79 Å². The van der Waals surface area contributed by atoms with Crippen LogP contribution in [0.3, 0.4) is 0 Å². The second-order valence-electron chi connectivity index (χ2n) is 5.10. The third kappa shape index (κ3) is 2.62. The highest BCUT2D eigenvalue weighted by atomic mass is 35.5. The molecule has 0 spiro atoms. The lowest BCUT2D eigenvalue weighted by atomic mass is 9.89. The molecule has 0 amide bonds. The van der Waals surface area contributed by atoms with Crippen molar-refractivity contribution in [3.8, 4) is 0 Å². The molecular formula is C10H19ClN2O2. The molecule has 1 unspecified atom stereocenters. The van der Waals surface area contributed by atoms with Crippen molar-refractivity contribution in [2.75, 3.05) is 13.1 Å². The standard InChI is InChI=1S/C10H18N2O2.ClH/c1-10(2,3)14-9(13)8-6-4-11-7(6)5-12-8;/h6-8,11-12H,4-5H2,1-3H3;1H/t6-,7+,8?;/m1./s1. The van der Waals surface area contributed by atoms with E-state index in [2.05, 4.69) is 10.6 Å². The van der Waals surface area contributed by atoms with Crippen LogP contribution < -0.4 is 10.6 Å². The van der Waals surface area contributed by atoms with Crippen LogP contribution in [0.15, 0.2) is 0 Å². The quantitative estimate of drug-likeness (QED) is 0.642. The van der Waals surface area contributed by atoms with Crippen LogP contribution in [0.2, 0.25) is 0 Å². The fourth-order valence-electron chi connectivity index (χ4n) is 2.02. The van der Waals surface area contributed by atoms with Crippen molar-refractivity contribution in [1.82, 2.24) is 10.6 Å². The van der Waals surface area contributed by atoms with Gasteiger partial charge in [-0.1, -0.05) is 0 Å². The molecule has 0 aromatic rings. The van der Waals surface area contributed by atoms with Crippen LogP contribution in [0.5, 0.6) is 0 Å². The molecule has 2 rings (SSSR count). The molecule has 0 radical (unpaired) electrons. The normalized spacial score (nSPS) is 33.7. The summed E-state index contributed by atoms with van der Waals surface area (Å²) in [5.41, 5.74) is -0.381. The third-order valence-corrected chi connectivity index (χ3v) is 2.78. The highest BCUT2D eigenvalue weighted by Gasteiger charge is 2.46. The molecule has 0 saturated carbocycles. The van der Waals surface area contributed by atoms with E-state index < -0.39 is 0 Å². The number of hydrogen-bond donors (Lipinski definition) is 2. The van der Waals surface area contributed by atoms with Gasteiger partial charge in [0, 0.05) is 25.0 Å². The summed E-state index contributed by atoms with van der Waals surface area (Å²) in [6.07, 6.45) is 0. The largest absolute Gasteiger partial charge is 0.459 e. The van der Waals surface area contributed by atoms with Crippen molar-refractivity contribution in [3.63, 3.8) is 0 Å². The molecule has 0 aromatic carbocycles. The molecule has 2 aliphatic heterocycles. The van der Waals surface area contributed by atoms with Crippen LogP contribution in [0.4, 0.5) is 0 Å². The van der Waals surface area contributed by atoms with Gasteiger partial charge in [-0.05, 0) is 20.8 Å². The first-order valence-corrected chi connectivity index (χ1v) is 5.17. The van der Waals surface area contributed by atoms with E-state index in [4.69, 9.17) is 4.74 Å². The van der Waals surface area contributed by atoms with Gasteiger partial charge in [0.2, 0.25) is 0 Å². The molecule has 5 heteroatoms. The number of fused-ring (bicyclic) bond motifs is 1. The van der Waals surface area contributed by atoms with E-state index in [1.807, 2.05) is 20.8 Å². The molecule has 2 aliphatic rings. The Morgan fingerprint density at radius 2 is 1.93 bits per heavy atom. The second-order valence-corrected chi connectivity index (χ2v) is 5.10. The minimum absolute atomic E-state index is 0. The third-order valence-electron chi connectivity index (χ3n) is 2.78. The first kappa shape index (κ1) is 12.7. The lowest BCUT2D eigenvalue weighted by Gasteiger charge is -2.34. The van der Waals surface area contributed by atoms with Gasteiger partial charge in [-0.15, -0.1) is 12.4 Å². The highest BCUT2D eigenvalue weighted by Crippen LogP contribution is 2.25. The SMILES string of the molecule is CC(C)(C)OC(=O)C1NC[C@@H]2NC[C@@H]12.Cl. The number of nitrogens with one attached hydrogen (secondary N) is 2. The predicted octanol–water partition coefficient (Wildman–Crippen LogP) is 0.310. The van der Waals surface area contributed by atoms with Gasteiger partial charge in [0.25, 0.3) is 0 Å². The van der Waals surface area contributed by atoms with Crippen LogP contribution in [0.25, 0.3) is 0 Å². The molecule has 88 valence electrons. The van der Waals surface area contributed by atoms with Crippen molar-refractivity contribution in [1.29, 1.82) is 0 Å². The zero-order chi connectivity index (χ0) is 10.3. The van der Waals surface area contributed by atoms with E-state index in [9.17, 15) is 4.79 Å². The smallest absolute Gasteiger partial charge is 0.324 e. The zero-order valence-electron chi connectivity index (χ0n) is 9.37. The molecule has 0 aromatic heterocycles. The highest BCUT2D eigenvalue weighted by molar-refractivity contribution is 5.85. The van der Waals surface area contributed by atoms with Crippen LogP contribution in [0.1, 0.15) is 20.8 Å². The molecule has 0 aliphatic carbocycles.